The van der Waals surface area contributed by atoms with Crippen LogP contribution in [0.25, 0.3) is 45.3 Å². The Hall–Kier alpha value is -4.69. The molecule has 33 heavy (non-hydrogen) atoms. The highest BCUT2D eigenvalue weighted by Crippen LogP contribution is 2.29. The van der Waals surface area contributed by atoms with Gasteiger partial charge in [0.15, 0.2) is 17.5 Å². The summed E-state index contributed by atoms with van der Waals surface area (Å²) in [6.45, 7) is 0. The van der Waals surface area contributed by atoms with Gasteiger partial charge in [-0.05, 0) is 35.4 Å². The number of aromatic nitrogens is 3. The Morgan fingerprint density at radius 1 is 0.545 bits per heavy atom. The van der Waals surface area contributed by atoms with Gasteiger partial charge in [-0.2, -0.15) is 5.26 Å². The molecule has 0 aliphatic heterocycles. The van der Waals surface area contributed by atoms with Crippen molar-refractivity contribution in [1.29, 1.82) is 5.26 Å². The highest BCUT2D eigenvalue weighted by Gasteiger charge is 2.15. The van der Waals surface area contributed by atoms with Gasteiger partial charge in [-0.15, -0.1) is 0 Å². The van der Waals surface area contributed by atoms with Crippen LogP contribution in [0.4, 0.5) is 4.39 Å². The SMILES string of the molecule is N#Cc1ccc(-c2ccc(-c3nc(-c4ccccc4)nc(-c4ccccc4)n3)c(F)c2)cc1. The summed E-state index contributed by atoms with van der Waals surface area (Å²) in [5.41, 5.74) is 4.04. The van der Waals surface area contributed by atoms with Gasteiger partial charge in [0, 0.05) is 11.1 Å². The molecule has 0 atom stereocenters. The van der Waals surface area contributed by atoms with Crippen LogP contribution in [-0.2, 0) is 0 Å². The van der Waals surface area contributed by atoms with Crippen molar-refractivity contribution < 1.29 is 4.39 Å². The van der Waals surface area contributed by atoms with Crippen molar-refractivity contribution in [1.82, 2.24) is 15.0 Å². The molecule has 0 radical (unpaired) electrons. The predicted octanol–water partition coefficient (Wildman–Crippen LogP) is 6.55. The van der Waals surface area contributed by atoms with Gasteiger partial charge in [-0.3, -0.25) is 0 Å². The summed E-state index contributed by atoms with van der Waals surface area (Å²) < 4.78 is 15.3. The average molecular weight is 428 g/mol. The standard InChI is InChI=1S/C28H17FN4/c29-25-17-23(20-13-11-19(18-30)12-14-20)15-16-24(25)28-32-26(21-7-3-1-4-8-21)31-27(33-28)22-9-5-2-6-10-22/h1-17H. The summed E-state index contributed by atoms with van der Waals surface area (Å²) in [7, 11) is 0. The quantitative estimate of drug-likeness (QED) is 0.326. The number of nitrogens with zero attached hydrogens (tertiary/aromatic N) is 4. The number of nitriles is 1. The maximum Gasteiger partial charge on any atom is 0.167 e. The smallest absolute Gasteiger partial charge is 0.167 e. The predicted molar refractivity (Wildman–Crippen MR) is 126 cm³/mol. The summed E-state index contributed by atoms with van der Waals surface area (Å²) >= 11 is 0. The molecule has 5 heteroatoms. The van der Waals surface area contributed by atoms with E-state index in [1.54, 1.807) is 30.3 Å². The van der Waals surface area contributed by atoms with E-state index < -0.39 is 5.82 Å². The molecule has 0 saturated heterocycles. The largest absolute Gasteiger partial charge is 0.208 e. The van der Waals surface area contributed by atoms with E-state index in [2.05, 4.69) is 21.0 Å². The molecule has 0 aliphatic carbocycles. The van der Waals surface area contributed by atoms with Gasteiger partial charge in [-0.1, -0.05) is 78.9 Å². The van der Waals surface area contributed by atoms with Crippen LogP contribution < -0.4 is 0 Å². The van der Waals surface area contributed by atoms with Crippen molar-refractivity contribution in [2.45, 2.75) is 0 Å². The van der Waals surface area contributed by atoms with Crippen molar-refractivity contribution >= 4 is 0 Å². The van der Waals surface area contributed by atoms with Crippen LogP contribution in [0.3, 0.4) is 0 Å². The lowest BCUT2D eigenvalue weighted by Crippen LogP contribution is -2.01. The molecule has 4 aromatic carbocycles. The van der Waals surface area contributed by atoms with E-state index >= 15 is 4.39 Å². The minimum absolute atomic E-state index is 0.270. The van der Waals surface area contributed by atoms with Crippen molar-refractivity contribution in [2.24, 2.45) is 0 Å². The first-order valence-electron chi connectivity index (χ1n) is 10.4. The number of halogens is 1. The molecule has 0 bridgehead atoms. The Kier molecular flexibility index (Phi) is 5.40. The van der Waals surface area contributed by atoms with Crippen molar-refractivity contribution in [3.8, 4) is 51.4 Å². The van der Waals surface area contributed by atoms with E-state index in [1.165, 1.54) is 6.07 Å². The van der Waals surface area contributed by atoms with E-state index in [0.717, 1.165) is 16.7 Å². The zero-order valence-electron chi connectivity index (χ0n) is 17.5. The molecule has 5 aromatic rings. The molecule has 0 amide bonds. The zero-order valence-corrected chi connectivity index (χ0v) is 17.5. The van der Waals surface area contributed by atoms with E-state index in [0.29, 0.717) is 28.3 Å². The van der Waals surface area contributed by atoms with Crippen LogP contribution in [0.1, 0.15) is 5.56 Å². The van der Waals surface area contributed by atoms with E-state index in [9.17, 15) is 0 Å². The number of rotatable bonds is 4. The third-order valence-electron chi connectivity index (χ3n) is 5.26. The van der Waals surface area contributed by atoms with Crippen LogP contribution in [-0.4, -0.2) is 15.0 Å². The highest BCUT2D eigenvalue weighted by molar-refractivity contribution is 5.71. The van der Waals surface area contributed by atoms with E-state index in [-0.39, 0.29) is 5.82 Å². The molecule has 0 saturated carbocycles. The second-order valence-electron chi connectivity index (χ2n) is 7.42. The molecule has 1 aromatic heterocycles. The fraction of sp³-hybridized carbons (Fsp3) is 0. The van der Waals surface area contributed by atoms with Gasteiger partial charge in [0.1, 0.15) is 5.82 Å². The lowest BCUT2D eigenvalue weighted by Gasteiger charge is -2.10. The van der Waals surface area contributed by atoms with Gasteiger partial charge in [0.2, 0.25) is 0 Å². The minimum atomic E-state index is -0.430. The second-order valence-corrected chi connectivity index (χ2v) is 7.42. The Morgan fingerprint density at radius 3 is 1.58 bits per heavy atom. The van der Waals surface area contributed by atoms with Gasteiger partial charge in [-0.25, -0.2) is 19.3 Å². The number of hydrogen-bond donors (Lipinski definition) is 0. The molecular weight excluding hydrogens is 411 g/mol. The molecule has 0 N–H and O–H groups in total. The summed E-state index contributed by atoms with van der Waals surface area (Å²) in [6, 6.07) is 33.2. The van der Waals surface area contributed by atoms with E-state index in [4.69, 9.17) is 5.26 Å². The minimum Gasteiger partial charge on any atom is -0.208 e. The monoisotopic (exact) mass is 428 g/mol. The molecule has 4 nitrogen and oxygen atoms in total. The molecule has 0 spiro atoms. The van der Waals surface area contributed by atoms with Gasteiger partial charge >= 0.3 is 0 Å². The third kappa shape index (κ3) is 4.23. The topological polar surface area (TPSA) is 62.5 Å². The van der Waals surface area contributed by atoms with Gasteiger partial charge in [0.05, 0.1) is 17.2 Å². The van der Waals surface area contributed by atoms with Crippen LogP contribution >= 0.6 is 0 Å². The molecule has 0 fully saturated rings. The lowest BCUT2D eigenvalue weighted by atomic mass is 10.0. The maximum atomic E-state index is 15.3. The fourth-order valence-electron chi connectivity index (χ4n) is 3.54. The lowest BCUT2D eigenvalue weighted by molar-refractivity contribution is 0.630. The van der Waals surface area contributed by atoms with Crippen LogP contribution in [0.15, 0.2) is 103 Å². The van der Waals surface area contributed by atoms with Crippen LogP contribution in [0.2, 0.25) is 0 Å². The Labute approximate surface area is 190 Å². The fourth-order valence-corrected chi connectivity index (χ4v) is 3.54. The summed E-state index contributed by atoms with van der Waals surface area (Å²) in [5.74, 6) is 0.803. The molecule has 0 aliphatic rings. The molecule has 0 unspecified atom stereocenters. The van der Waals surface area contributed by atoms with Gasteiger partial charge < -0.3 is 0 Å². The average Bonchev–Trinajstić information content (AvgIpc) is 2.89. The molecule has 5 rings (SSSR count). The summed E-state index contributed by atoms with van der Waals surface area (Å²) in [4.78, 5) is 13.8. The van der Waals surface area contributed by atoms with Crippen molar-refractivity contribution in [3.05, 3.63) is 115 Å². The number of benzene rings is 4. The summed E-state index contributed by atoms with van der Waals surface area (Å²) in [5, 5.41) is 8.99. The summed E-state index contributed by atoms with van der Waals surface area (Å²) in [6.07, 6.45) is 0. The zero-order chi connectivity index (χ0) is 22.6. The van der Waals surface area contributed by atoms with E-state index in [1.807, 2.05) is 66.7 Å². The van der Waals surface area contributed by atoms with Crippen molar-refractivity contribution in [2.75, 3.05) is 0 Å². The van der Waals surface area contributed by atoms with Crippen LogP contribution in [0, 0.1) is 17.1 Å². The highest BCUT2D eigenvalue weighted by atomic mass is 19.1. The first kappa shape index (κ1) is 20.2. The normalized spacial score (nSPS) is 10.5. The third-order valence-corrected chi connectivity index (χ3v) is 5.26. The molecule has 1 heterocycles. The molecule has 156 valence electrons. The first-order chi connectivity index (χ1) is 16.2. The Balaban J connectivity index is 1.61. The number of hydrogen-bond acceptors (Lipinski definition) is 4. The Bertz CT molecular complexity index is 1400. The Morgan fingerprint density at radius 2 is 1.06 bits per heavy atom. The van der Waals surface area contributed by atoms with Gasteiger partial charge in [0.25, 0.3) is 0 Å². The van der Waals surface area contributed by atoms with Crippen LogP contribution in [0.5, 0.6) is 0 Å². The second kappa shape index (κ2) is 8.81. The molecular formula is C28H17FN4. The first-order valence-corrected chi connectivity index (χ1v) is 10.4. The maximum absolute atomic E-state index is 15.3. The van der Waals surface area contributed by atoms with Crippen molar-refractivity contribution in [3.63, 3.8) is 0 Å².